The molecule has 0 amide bonds. The number of hydrogen-bond donors (Lipinski definition) is 0. The quantitative estimate of drug-likeness (QED) is 0.241. The Labute approximate surface area is 219 Å². The molecule has 6 heteroatoms. The van der Waals surface area contributed by atoms with E-state index in [-0.39, 0.29) is 18.5 Å². The Hall–Kier alpha value is -1.97. The standard InChI is InChI=1S/C28H33N3.2ClH.Fe/c1-18-16-19(2)27(20(3)17-18)30-22(5)26-11-9-10-25(31-26)21(4)29-24-14-12-23(13-15-24)28(6,7)8;;;/h9-17H,1-8H3;2*1H;/q;;;+2/p-2. The van der Waals surface area contributed by atoms with Crippen molar-refractivity contribution in [2.75, 3.05) is 0 Å². The van der Waals surface area contributed by atoms with E-state index in [0.29, 0.717) is 0 Å². The molecule has 3 rings (SSSR count). The molecule has 0 saturated heterocycles. The van der Waals surface area contributed by atoms with Crippen LogP contribution in [0.5, 0.6) is 0 Å². The first-order valence-corrected chi connectivity index (χ1v) is 14.1. The van der Waals surface area contributed by atoms with Crippen LogP contribution in [0.15, 0.2) is 64.6 Å². The van der Waals surface area contributed by atoms with Crippen molar-refractivity contribution >= 4 is 43.0 Å². The molecule has 0 radical (unpaired) electrons. The molecule has 34 heavy (non-hydrogen) atoms. The van der Waals surface area contributed by atoms with Crippen molar-refractivity contribution in [2.45, 2.75) is 60.8 Å². The SMILES string of the molecule is CC(=Nc1ccc(C(C)(C)C)cc1)c1cccc(C(C)=Nc2c(C)cc(C)cc2C)n1.[Cl][Fe][Cl]. The number of rotatable bonds is 4. The van der Waals surface area contributed by atoms with Crippen molar-refractivity contribution in [1.29, 1.82) is 0 Å². The second kappa shape index (κ2) is 12.7. The fourth-order valence-electron chi connectivity index (χ4n) is 3.70. The zero-order valence-corrected chi connectivity index (χ0v) is 23.8. The molecule has 0 bridgehead atoms. The predicted octanol–water partition coefficient (Wildman–Crippen LogP) is 8.96. The molecule has 0 N–H and O–H groups in total. The zero-order chi connectivity index (χ0) is 25.5. The average molecular weight is 538 g/mol. The number of halogens is 2. The van der Waals surface area contributed by atoms with E-state index in [1.165, 1.54) is 22.3 Å². The zero-order valence-electron chi connectivity index (χ0n) is 21.1. The van der Waals surface area contributed by atoms with Crippen LogP contribution in [-0.4, -0.2) is 16.4 Å². The molecular formula is C28H33Cl2FeN3. The molecule has 1 aromatic heterocycles. The summed E-state index contributed by atoms with van der Waals surface area (Å²) in [5, 5.41) is 0. The van der Waals surface area contributed by atoms with E-state index in [1.54, 1.807) is 0 Å². The second-order valence-electron chi connectivity index (χ2n) is 9.40. The minimum atomic E-state index is 0.137. The van der Waals surface area contributed by atoms with E-state index in [2.05, 4.69) is 77.9 Å². The third-order valence-corrected chi connectivity index (χ3v) is 5.44. The Morgan fingerprint density at radius 3 is 1.74 bits per heavy atom. The van der Waals surface area contributed by atoms with E-state index in [0.717, 1.165) is 34.2 Å². The maximum atomic E-state index is 4.90. The molecule has 0 aliphatic rings. The van der Waals surface area contributed by atoms with E-state index < -0.39 is 0 Å². The summed E-state index contributed by atoms with van der Waals surface area (Å²) in [4.78, 5) is 14.5. The van der Waals surface area contributed by atoms with E-state index in [9.17, 15) is 0 Å². The van der Waals surface area contributed by atoms with Gasteiger partial charge in [-0.25, -0.2) is 4.98 Å². The van der Waals surface area contributed by atoms with Crippen molar-refractivity contribution in [3.63, 3.8) is 0 Å². The van der Waals surface area contributed by atoms with Crippen molar-refractivity contribution in [3.8, 4) is 0 Å². The van der Waals surface area contributed by atoms with Gasteiger partial charge >= 0.3 is 33.3 Å². The third-order valence-electron chi connectivity index (χ3n) is 5.44. The van der Waals surface area contributed by atoms with Crippen LogP contribution < -0.4 is 0 Å². The van der Waals surface area contributed by atoms with Gasteiger partial charge in [-0.05, 0) is 81.0 Å². The van der Waals surface area contributed by atoms with Gasteiger partial charge in [-0.3, -0.25) is 9.98 Å². The predicted molar refractivity (Wildman–Crippen MR) is 145 cm³/mol. The summed E-state index contributed by atoms with van der Waals surface area (Å²) in [7, 11) is 9.53. The van der Waals surface area contributed by atoms with E-state index >= 15 is 0 Å². The molecule has 3 aromatic rings. The van der Waals surface area contributed by atoms with Gasteiger partial charge in [0.25, 0.3) is 0 Å². The van der Waals surface area contributed by atoms with Gasteiger partial charge in [0.2, 0.25) is 0 Å². The Balaban J connectivity index is 0.00000129. The fourth-order valence-corrected chi connectivity index (χ4v) is 3.70. The molecule has 0 unspecified atom stereocenters. The second-order valence-corrected chi connectivity index (χ2v) is 11.2. The fraction of sp³-hybridized carbons (Fsp3) is 0.321. The molecular weight excluding hydrogens is 505 g/mol. The van der Waals surface area contributed by atoms with Crippen LogP contribution in [0.2, 0.25) is 0 Å². The summed E-state index contributed by atoms with van der Waals surface area (Å²) in [6.45, 7) is 17.0. The molecule has 0 saturated carbocycles. The number of benzene rings is 2. The summed E-state index contributed by atoms with van der Waals surface area (Å²) in [5.41, 5.74) is 10.6. The van der Waals surface area contributed by atoms with Crippen molar-refractivity contribution < 1.29 is 13.1 Å². The molecule has 0 aliphatic carbocycles. The topological polar surface area (TPSA) is 37.6 Å². The first kappa shape index (κ1) is 28.3. The van der Waals surface area contributed by atoms with Gasteiger partial charge in [0.15, 0.2) is 0 Å². The monoisotopic (exact) mass is 537 g/mol. The maximum absolute atomic E-state index is 4.90. The van der Waals surface area contributed by atoms with E-state index in [4.69, 9.17) is 35.2 Å². The first-order valence-electron chi connectivity index (χ1n) is 11.1. The summed E-state index contributed by atoms with van der Waals surface area (Å²) >= 11 is 0.194. The summed E-state index contributed by atoms with van der Waals surface area (Å²) in [5.74, 6) is 0. The van der Waals surface area contributed by atoms with Crippen LogP contribution in [0.4, 0.5) is 11.4 Å². The Bertz CT molecular complexity index is 1150. The normalized spacial score (nSPS) is 12.4. The van der Waals surface area contributed by atoms with Crippen LogP contribution in [0.25, 0.3) is 0 Å². The van der Waals surface area contributed by atoms with Crippen LogP contribution >= 0.6 is 20.2 Å². The van der Waals surface area contributed by atoms with Gasteiger partial charge in [0, 0.05) is 0 Å². The van der Waals surface area contributed by atoms with Crippen LogP contribution in [-0.2, 0) is 18.5 Å². The number of aromatic nitrogens is 1. The molecule has 3 nitrogen and oxygen atoms in total. The number of nitrogens with zero attached hydrogens (tertiary/aromatic N) is 3. The Morgan fingerprint density at radius 2 is 1.26 bits per heavy atom. The number of hydrogen-bond acceptors (Lipinski definition) is 3. The van der Waals surface area contributed by atoms with Crippen molar-refractivity contribution in [2.24, 2.45) is 9.98 Å². The average Bonchev–Trinajstić information content (AvgIpc) is 2.76. The van der Waals surface area contributed by atoms with Crippen LogP contribution in [0.3, 0.4) is 0 Å². The molecule has 0 fully saturated rings. The van der Waals surface area contributed by atoms with Gasteiger partial charge in [-0.15, -0.1) is 0 Å². The number of aliphatic imine (C=N–C) groups is 2. The van der Waals surface area contributed by atoms with Gasteiger partial charge in [-0.2, -0.15) is 0 Å². The molecule has 182 valence electrons. The molecule has 0 aliphatic heterocycles. The van der Waals surface area contributed by atoms with Gasteiger partial charge < -0.3 is 0 Å². The first-order chi connectivity index (χ1) is 16.0. The molecule has 0 spiro atoms. The minimum absolute atomic E-state index is 0.137. The van der Waals surface area contributed by atoms with Crippen molar-refractivity contribution in [1.82, 2.24) is 4.98 Å². The van der Waals surface area contributed by atoms with Gasteiger partial charge in [0.05, 0.1) is 34.2 Å². The molecule has 2 aromatic carbocycles. The van der Waals surface area contributed by atoms with Gasteiger partial charge in [-0.1, -0.05) is 56.7 Å². The molecule has 0 atom stereocenters. The molecule has 1 heterocycles. The Kier molecular flexibility index (Phi) is 10.5. The van der Waals surface area contributed by atoms with E-state index in [1.807, 2.05) is 32.0 Å². The van der Waals surface area contributed by atoms with Gasteiger partial charge in [0.1, 0.15) is 0 Å². The third kappa shape index (κ3) is 8.06. The van der Waals surface area contributed by atoms with Crippen LogP contribution in [0, 0.1) is 20.8 Å². The number of pyridine rings is 1. The summed E-state index contributed by atoms with van der Waals surface area (Å²) < 4.78 is 0. The summed E-state index contributed by atoms with van der Waals surface area (Å²) in [6, 6.07) is 18.8. The van der Waals surface area contributed by atoms with Crippen LogP contribution in [0.1, 0.15) is 68.3 Å². The summed E-state index contributed by atoms with van der Waals surface area (Å²) in [6.07, 6.45) is 0. The Morgan fingerprint density at radius 1 is 0.794 bits per heavy atom. The number of aryl methyl sites for hydroxylation is 3. The van der Waals surface area contributed by atoms with Crippen molar-refractivity contribution in [3.05, 3.63) is 88.2 Å².